The first kappa shape index (κ1) is 9.80. The molecule has 5 heteroatoms. The molecule has 0 aliphatic rings. The normalized spacial score (nSPS) is 9.62. The molecule has 1 rings (SSSR count). The van der Waals surface area contributed by atoms with Gasteiger partial charge in [-0.15, -0.1) is 0 Å². The van der Waals surface area contributed by atoms with Crippen molar-refractivity contribution in [2.75, 3.05) is 6.61 Å². The summed E-state index contributed by atoms with van der Waals surface area (Å²) in [4.78, 5) is 14.2. The van der Waals surface area contributed by atoms with Crippen LogP contribution in [-0.4, -0.2) is 17.5 Å². The van der Waals surface area contributed by atoms with Gasteiger partial charge >= 0.3 is 0 Å². The van der Waals surface area contributed by atoms with Crippen LogP contribution in [0.5, 0.6) is 5.88 Å². The Kier molecular flexibility index (Phi) is 3.52. The van der Waals surface area contributed by atoms with Gasteiger partial charge in [0.05, 0.1) is 18.1 Å². The molecule has 70 valence electrons. The smallest absolute Gasteiger partial charge is 0.220 e. The molecule has 0 aromatic carbocycles. The number of nitrogens with zero attached hydrogens (tertiary/aromatic N) is 1. The number of rotatable bonds is 4. The van der Waals surface area contributed by atoms with Crippen LogP contribution in [0.1, 0.15) is 6.42 Å². The van der Waals surface area contributed by atoms with Gasteiger partial charge in [0.15, 0.2) is 0 Å². The van der Waals surface area contributed by atoms with Crippen LogP contribution in [0.3, 0.4) is 0 Å². The van der Waals surface area contributed by atoms with Gasteiger partial charge in [0.1, 0.15) is 0 Å². The lowest BCUT2D eigenvalue weighted by Gasteiger charge is -2.02. The summed E-state index contributed by atoms with van der Waals surface area (Å²) < 4.78 is 5.10. The summed E-state index contributed by atoms with van der Waals surface area (Å²) in [6.07, 6.45) is 1.66. The number of amides is 1. The van der Waals surface area contributed by atoms with Crippen LogP contribution >= 0.6 is 11.6 Å². The fourth-order valence-corrected chi connectivity index (χ4v) is 0.816. The van der Waals surface area contributed by atoms with Gasteiger partial charge in [-0.3, -0.25) is 4.79 Å². The van der Waals surface area contributed by atoms with Crippen LogP contribution in [-0.2, 0) is 4.79 Å². The Labute approximate surface area is 80.7 Å². The first-order valence-electron chi connectivity index (χ1n) is 3.71. The average molecular weight is 201 g/mol. The van der Waals surface area contributed by atoms with E-state index >= 15 is 0 Å². The van der Waals surface area contributed by atoms with Crippen molar-refractivity contribution in [3.63, 3.8) is 0 Å². The number of nitrogens with two attached hydrogens (primary N) is 1. The SMILES string of the molecule is NC(=O)CCOc1ccc(Cl)cn1. The lowest BCUT2D eigenvalue weighted by molar-refractivity contribution is -0.118. The highest BCUT2D eigenvalue weighted by molar-refractivity contribution is 6.30. The van der Waals surface area contributed by atoms with Gasteiger partial charge in [-0.05, 0) is 6.07 Å². The maximum atomic E-state index is 10.3. The number of primary amides is 1. The standard InChI is InChI=1S/C8H9ClN2O2/c9-6-1-2-8(11-5-6)13-4-3-7(10)12/h1-2,5H,3-4H2,(H2,10,12). The molecule has 1 aromatic heterocycles. The van der Waals surface area contributed by atoms with Crippen molar-refractivity contribution in [3.05, 3.63) is 23.4 Å². The van der Waals surface area contributed by atoms with Gasteiger partial charge in [0.2, 0.25) is 11.8 Å². The lowest BCUT2D eigenvalue weighted by atomic mass is 10.4. The third-order valence-electron chi connectivity index (χ3n) is 1.30. The minimum Gasteiger partial charge on any atom is -0.477 e. The number of hydrogen-bond acceptors (Lipinski definition) is 3. The zero-order valence-electron chi connectivity index (χ0n) is 6.87. The minimum absolute atomic E-state index is 0.185. The number of ether oxygens (including phenoxy) is 1. The van der Waals surface area contributed by atoms with E-state index in [4.69, 9.17) is 22.1 Å². The number of pyridine rings is 1. The molecule has 0 saturated heterocycles. The highest BCUT2D eigenvalue weighted by atomic mass is 35.5. The number of halogens is 1. The predicted molar refractivity (Wildman–Crippen MR) is 48.6 cm³/mol. The third kappa shape index (κ3) is 3.75. The molecule has 0 fully saturated rings. The number of carbonyl (C=O) groups excluding carboxylic acids is 1. The molecule has 1 aromatic rings. The fraction of sp³-hybridized carbons (Fsp3) is 0.250. The van der Waals surface area contributed by atoms with E-state index in [-0.39, 0.29) is 13.0 Å². The quantitative estimate of drug-likeness (QED) is 0.788. The van der Waals surface area contributed by atoms with Gasteiger partial charge in [-0.1, -0.05) is 11.6 Å². The van der Waals surface area contributed by atoms with Crippen LogP contribution in [0.15, 0.2) is 18.3 Å². The zero-order valence-corrected chi connectivity index (χ0v) is 7.62. The summed E-state index contributed by atoms with van der Waals surface area (Å²) in [6, 6.07) is 3.29. The third-order valence-corrected chi connectivity index (χ3v) is 1.52. The van der Waals surface area contributed by atoms with Crippen molar-refractivity contribution in [2.45, 2.75) is 6.42 Å². The summed E-state index contributed by atoms with van der Waals surface area (Å²) in [5.74, 6) is 0.0413. The second kappa shape index (κ2) is 4.67. The largest absolute Gasteiger partial charge is 0.477 e. The first-order valence-corrected chi connectivity index (χ1v) is 4.09. The molecule has 0 saturated carbocycles. The van der Waals surface area contributed by atoms with Gasteiger partial charge in [0.25, 0.3) is 0 Å². The molecule has 0 spiro atoms. The summed E-state index contributed by atoms with van der Waals surface area (Å²) in [5, 5.41) is 0.544. The Balaban J connectivity index is 2.37. The van der Waals surface area contributed by atoms with Crippen LogP contribution in [0.2, 0.25) is 5.02 Å². The van der Waals surface area contributed by atoms with E-state index in [1.54, 1.807) is 12.1 Å². The van der Waals surface area contributed by atoms with E-state index in [0.29, 0.717) is 10.9 Å². The monoisotopic (exact) mass is 200 g/mol. The molecule has 0 radical (unpaired) electrons. The van der Waals surface area contributed by atoms with Gasteiger partial charge in [-0.25, -0.2) is 4.98 Å². The molecule has 0 bridgehead atoms. The predicted octanol–water partition coefficient (Wildman–Crippen LogP) is 0.989. The van der Waals surface area contributed by atoms with Crippen molar-refractivity contribution in [3.8, 4) is 5.88 Å². The van der Waals surface area contributed by atoms with E-state index < -0.39 is 5.91 Å². The molecule has 0 atom stereocenters. The van der Waals surface area contributed by atoms with E-state index in [1.807, 2.05) is 0 Å². The van der Waals surface area contributed by atoms with E-state index in [1.165, 1.54) is 6.20 Å². The number of aromatic nitrogens is 1. The Morgan fingerprint density at radius 3 is 2.92 bits per heavy atom. The zero-order chi connectivity index (χ0) is 9.68. The summed E-state index contributed by atoms with van der Waals surface area (Å²) in [5.41, 5.74) is 4.92. The second-order valence-corrected chi connectivity index (χ2v) is 2.82. The van der Waals surface area contributed by atoms with Crippen molar-refractivity contribution in [1.82, 2.24) is 4.98 Å². The molecule has 13 heavy (non-hydrogen) atoms. The molecular formula is C8H9ClN2O2. The molecular weight excluding hydrogens is 192 g/mol. The second-order valence-electron chi connectivity index (χ2n) is 2.38. The van der Waals surface area contributed by atoms with Crippen molar-refractivity contribution in [1.29, 1.82) is 0 Å². The number of carbonyl (C=O) groups is 1. The molecule has 4 nitrogen and oxygen atoms in total. The van der Waals surface area contributed by atoms with Crippen LogP contribution < -0.4 is 10.5 Å². The molecule has 0 unspecified atom stereocenters. The van der Waals surface area contributed by atoms with Crippen molar-refractivity contribution >= 4 is 17.5 Å². The summed E-state index contributed by atoms with van der Waals surface area (Å²) in [6.45, 7) is 0.240. The molecule has 1 heterocycles. The highest BCUT2D eigenvalue weighted by Crippen LogP contribution is 2.11. The van der Waals surface area contributed by atoms with E-state index in [0.717, 1.165) is 0 Å². The molecule has 1 amide bonds. The fourth-order valence-electron chi connectivity index (χ4n) is 0.704. The Morgan fingerprint density at radius 2 is 2.38 bits per heavy atom. The van der Waals surface area contributed by atoms with Gasteiger partial charge in [0, 0.05) is 12.3 Å². The summed E-state index contributed by atoms with van der Waals surface area (Å²) in [7, 11) is 0. The Morgan fingerprint density at radius 1 is 1.62 bits per heavy atom. The van der Waals surface area contributed by atoms with E-state index in [9.17, 15) is 4.79 Å². The highest BCUT2D eigenvalue weighted by Gasteiger charge is 1.97. The van der Waals surface area contributed by atoms with Gasteiger partial charge < -0.3 is 10.5 Å². The van der Waals surface area contributed by atoms with Crippen molar-refractivity contribution < 1.29 is 9.53 Å². The van der Waals surface area contributed by atoms with Gasteiger partial charge in [-0.2, -0.15) is 0 Å². The first-order chi connectivity index (χ1) is 6.18. The molecule has 0 aliphatic heterocycles. The van der Waals surface area contributed by atoms with Crippen molar-refractivity contribution in [2.24, 2.45) is 5.73 Å². The van der Waals surface area contributed by atoms with E-state index in [2.05, 4.69) is 4.98 Å². The maximum absolute atomic E-state index is 10.3. The topological polar surface area (TPSA) is 65.2 Å². The number of hydrogen-bond donors (Lipinski definition) is 1. The molecule has 2 N–H and O–H groups in total. The van der Waals surface area contributed by atoms with Crippen LogP contribution in [0.4, 0.5) is 0 Å². The lowest BCUT2D eigenvalue weighted by Crippen LogP contribution is -2.14. The van der Waals surface area contributed by atoms with Crippen LogP contribution in [0, 0.1) is 0 Å². The maximum Gasteiger partial charge on any atom is 0.220 e. The Bertz CT molecular complexity index is 287. The Hall–Kier alpha value is -1.29. The average Bonchev–Trinajstić information content (AvgIpc) is 2.08. The van der Waals surface area contributed by atoms with Crippen LogP contribution in [0.25, 0.3) is 0 Å². The molecule has 0 aliphatic carbocycles. The summed E-state index contributed by atoms with van der Waals surface area (Å²) >= 11 is 5.60. The minimum atomic E-state index is -0.394.